The first-order valence-electron chi connectivity index (χ1n) is 13.4. The van der Waals surface area contributed by atoms with Crippen molar-refractivity contribution in [2.24, 2.45) is 11.5 Å². The summed E-state index contributed by atoms with van der Waals surface area (Å²) in [6, 6.07) is 20.5. The summed E-state index contributed by atoms with van der Waals surface area (Å²) in [5.41, 5.74) is 13.4. The molecule has 0 radical (unpaired) electrons. The number of rotatable bonds is 9. The second-order valence-corrected chi connectivity index (χ2v) is 11.8. The van der Waals surface area contributed by atoms with Gasteiger partial charge in [0.1, 0.15) is 22.8 Å². The number of amides is 2. The summed E-state index contributed by atoms with van der Waals surface area (Å²) in [5.74, 6) is -0.732. The van der Waals surface area contributed by atoms with E-state index in [2.05, 4.69) is 5.32 Å². The smallest absolute Gasteiger partial charge is 0.267 e. The van der Waals surface area contributed by atoms with Crippen molar-refractivity contribution in [3.63, 3.8) is 0 Å². The van der Waals surface area contributed by atoms with Gasteiger partial charge in [0, 0.05) is 51.4 Å². The molecule has 0 spiro atoms. The molecule has 1 aliphatic heterocycles. The fourth-order valence-corrected chi connectivity index (χ4v) is 6.73. The summed E-state index contributed by atoms with van der Waals surface area (Å²) in [7, 11) is 0. The van der Waals surface area contributed by atoms with Gasteiger partial charge in [0.25, 0.3) is 5.91 Å². The molecule has 5 N–H and O–H groups in total. The number of benzene rings is 3. The number of halogens is 3. The molecule has 0 saturated carbocycles. The third-order valence-electron chi connectivity index (χ3n) is 7.28. The maximum absolute atomic E-state index is 14.1. The van der Waals surface area contributed by atoms with Crippen molar-refractivity contribution >= 4 is 52.0 Å². The SMILES string of the molecule is NCCOc1c(C(=O)N2CCC(Nc3ccc(F)cc3)(C(N)=O)CC2)sc(-c2ccccc2Cl)c1-c1ccc(Cl)cc1. The predicted molar refractivity (Wildman–Crippen MR) is 167 cm³/mol. The first-order chi connectivity index (χ1) is 20.2. The zero-order chi connectivity index (χ0) is 29.9. The third kappa shape index (κ3) is 6.10. The molecular formula is C31H29Cl2FN4O3S. The van der Waals surface area contributed by atoms with Crippen LogP contribution in [0.4, 0.5) is 10.1 Å². The number of nitrogens with two attached hydrogens (primary N) is 2. The summed E-state index contributed by atoms with van der Waals surface area (Å²) >= 11 is 14.1. The number of piperidine rings is 1. The van der Waals surface area contributed by atoms with Crippen molar-refractivity contribution in [1.82, 2.24) is 4.90 Å². The predicted octanol–water partition coefficient (Wildman–Crippen LogP) is 6.44. The van der Waals surface area contributed by atoms with Crippen molar-refractivity contribution in [2.75, 3.05) is 31.6 Å². The van der Waals surface area contributed by atoms with E-state index < -0.39 is 11.4 Å². The number of carbonyl (C=O) groups excluding carboxylic acids is 2. The van der Waals surface area contributed by atoms with Gasteiger partial charge in [0.15, 0.2) is 5.75 Å². The van der Waals surface area contributed by atoms with E-state index in [4.69, 9.17) is 39.4 Å². The molecule has 2 heterocycles. The number of primary amides is 1. The molecule has 1 fully saturated rings. The van der Waals surface area contributed by atoms with E-state index in [0.717, 1.165) is 21.6 Å². The molecule has 218 valence electrons. The lowest BCUT2D eigenvalue weighted by molar-refractivity contribution is -0.123. The lowest BCUT2D eigenvalue weighted by Gasteiger charge is -2.40. The molecule has 7 nitrogen and oxygen atoms in total. The molecule has 42 heavy (non-hydrogen) atoms. The number of hydrogen-bond acceptors (Lipinski definition) is 6. The van der Waals surface area contributed by atoms with Gasteiger partial charge in [0.2, 0.25) is 5.91 Å². The largest absolute Gasteiger partial charge is 0.490 e. The van der Waals surface area contributed by atoms with E-state index in [9.17, 15) is 14.0 Å². The van der Waals surface area contributed by atoms with Gasteiger partial charge in [-0.25, -0.2) is 4.39 Å². The van der Waals surface area contributed by atoms with Gasteiger partial charge in [-0.1, -0.05) is 53.5 Å². The quantitative estimate of drug-likeness (QED) is 0.198. The molecular weight excluding hydrogens is 598 g/mol. The minimum absolute atomic E-state index is 0.200. The summed E-state index contributed by atoms with van der Waals surface area (Å²) < 4.78 is 19.6. The summed E-state index contributed by atoms with van der Waals surface area (Å²) in [6.07, 6.45) is 0.550. The molecule has 1 aromatic heterocycles. The highest BCUT2D eigenvalue weighted by molar-refractivity contribution is 7.18. The Morgan fingerprint density at radius 1 is 1.00 bits per heavy atom. The Morgan fingerprint density at radius 3 is 2.29 bits per heavy atom. The number of anilines is 1. The molecule has 0 aliphatic carbocycles. The van der Waals surface area contributed by atoms with Gasteiger partial charge in [0.05, 0.1) is 0 Å². The monoisotopic (exact) mass is 626 g/mol. The molecule has 1 aliphatic rings. The Kier molecular flexibility index (Phi) is 9.03. The summed E-state index contributed by atoms with van der Waals surface area (Å²) in [6.45, 7) is 0.987. The van der Waals surface area contributed by atoms with Crippen LogP contribution in [0.3, 0.4) is 0 Å². The molecule has 3 aromatic carbocycles. The molecule has 2 amide bonds. The number of likely N-dealkylation sites (tertiary alicyclic amines) is 1. The van der Waals surface area contributed by atoms with Crippen molar-refractivity contribution in [3.8, 4) is 27.3 Å². The number of nitrogens with zero attached hydrogens (tertiary/aromatic N) is 1. The molecule has 5 rings (SSSR count). The average molecular weight is 628 g/mol. The van der Waals surface area contributed by atoms with Crippen molar-refractivity contribution < 1.29 is 18.7 Å². The van der Waals surface area contributed by atoms with Gasteiger partial charge < -0.3 is 26.4 Å². The molecule has 4 aromatic rings. The summed E-state index contributed by atoms with van der Waals surface area (Å²) in [4.78, 5) is 29.6. The molecule has 1 saturated heterocycles. The topological polar surface area (TPSA) is 111 Å². The zero-order valence-corrected chi connectivity index (χ0v) is 24.9. The highest BCUT2D eigenvalue weighted by atomic mass is 35.5. The van der Waals surface area contributed by atoms with Crippen molar-refractivity contribution in [3.05, 3.63) is 93.5 Å². The first kappa shape index (κ1) is 29.8. The Labute approximate surface area is 257 Å². The Balaban J connectivity index is 1.51. The van der Waals surface area contributed by atoms with E-state index in [-0.39, 0.29) is 50.8 Å². The Bertz CT molecular complexity index is 1590. The number of nitrogens with one attached hydrogen (secondary N) is 1. The highest BCUT2D eigenvalue weighted by Gasteiger charge is 2.42. The van der Waals surface area contributed by atoms with Crippen LogP contribution in [0.1, 0.15) is 22.5 Å². The second kappa shape index (κ2) is 12.7. The molecule has 11 heteroatoms. The van der Waals surface area contributed by atoms with Crippen LogP contribution in [-0.4, -0.2) is 48.5 Å². The van der Waals surface area contributed by atoms with Crippen molar-refractivity contribution in [2.45, 2.75) is 18.4 Å². The van der Waals surface area contributed by atoms with Crippen LogP contribution in [0.25, 0.3) is 21.6 Å². The van der Waals surface area contributed by atoms with Crippen LogP contribution in [0, 0.1) is 5.82 Å². The number of hydrogen-bond donors (Lipinski definition) is 3. The lowest BCUT2D eigenvalue weighted by Crippen LogP contribution is -2.57. The van der Waals surface area contributed by atoms with Crippen molar-refractivity contribution in [1.29, 1.82) is 0 Å². The highest BCUT2D eigenvalue weighted by Crippen LogP contribution is 2.50. The minimum atomic E-state index is -1.08. The third-order valence-corrected chi connectivity index (χ3v) is 9.05. The lowest BCUT2D eigenvalue weighted by atomic mass is 9.86. The molecule has 0 atom stereocenters. The van der Waals surface area contributed by atoms with E-state index in [1.807, 2.05) is 30.3 Å². The van der Waals surface area contributed by atoms with E-state index in [0.29, 0.717) is 26.4 Å². The average Bonchev–Trinajstić information content (AvgIpc) is 3.36. The first-order valence-corrected chi connectivity index (χ1v) is 14.9. The standard InChI is InChI=1S/C31H29Cl2FN4O3S/c32-20-7-5-19(6-8-20)25-26(41-18-15-35)28(42-27(25)23-3-1-2-4-24(23)33)29(39)38-16-13-31(14-17-38,30(36)40)37-22-11-9-21(34)10-12-22/h1-12,37H,13-18,35H2,(H2,36,40). The van der Waals surface area contributed by atoms with Gasteiger partial charge >= 0.3 is 0 Å². The number of thiophene rings is 1. The van der Waals surface area contributed by atoms with Crippen LogP contribution in [-0.2, 0) is 4.79 Å². The van der Waals surface area contributed by atoms with Crippen LogP contribution in [0.15, 0.2) is 72.8 Å². The number of ether oxygens (including phenoxy) is 1. The molecule has 0 bridgehead atoms. The van der Waals surface area contributed by atoms with E-state index >= 15 is 0 Å². The maximum atomic E-state index is 14.1. The zero-order valence-electron chi connectivity index (χ0n) is 22.5. The minimum Gasteiger partial charge on any atom is -0.490 e. The number of carbonyl (C=O) groups is 2. The van der Waals surface area contributed by atoms with Crippen LogP contribution in [0.2, 0.25) is 10.0 Å². The normalized spacial score (nSPS) is 14.4. The fourth-order valence-electron chi connectivity index (χ4n) is 5.05. The van der Waals surface area contributed by atoms with Gasteiger partial charge in [-0.05, 0) is 60.9 Å². The maximum Gasteiger partial charge on any atom is 0.267 e. The van der Waals surface area contributed by atoms with Crippen LogP contribution >= 0.6 is 34.5 Å². The summed E-state index contributed by atoms with van der Waals surface area (Å²) in [5, 5.41) is 4.30. The van der Waals surface area contributed by atoms with Gasteiger partial charge in [-0.15, -0.1) is 11.3 Å². The van der Waals surface area contributed by atoms with Gasteiger partial charge in [-0.3, -0.25) is 9.59 Å². The van der Waals surface area contributed by atoms with E-state index in [1.54, 1.807) is 35.2 Å². The second-order valence-electron chi connectivity index (χ2n) is 9.96. The van der Waals surface area contributed by atoms with E-state index in [1.165, 1.54) is 23.5 Å². The van der Waals surface area contributed by atoms with Crippen LogP contribution < -0.4 is 21.5 Å². The van der Waals surface area contributed by atoms with Crippen LogP contribution in [0.5, 0.6) is 5.75 Å². The Hall–Kier alpha value is -3.63. The fraction of sp³-hybridized carbons (Fsp3) is 0.226. The van der Waals surface area contributed by atoms with Gasteiger partial charge in [-0.2, -0.15) is 0 Å². The molecule has 0 unspecified atom stereocenters. The Morgan fingerprint density at radius 2 is 1.67 bits per heavy atom.